The molecule has 0 unspecified atom stereocenters. The smallest absolute Gasteiger partial charge is 0.252 e. The predicted molar refractivity (Wildman–Crippen MR) is 159 cm³/mol. The molecule has 2 amide bonds. The van der Waals surface area contributed by atoms with Crippen molar-refractivity contribution in [3.63, 3.8) is 0 Å². The van der Waals surface area contributed by atoms with Crippen LogP contribution in [0.2, 0.25) is 0 Å². The van der Waals surface area contributed by atoms with Gasteiger partial charge >= 0.3 is 0 Å². The van der Waals surface area contributed by atoms with E-state index in [1.807, 2.05) is 6.07 Å². The highest BCUT2D eigenvalue weighted by molar-refractivity contribution is 5.91. The Labute approximate surface area is 258 Å². The summed E-state index contributed by atoms with van der Waals surface area (Å²) in [5.74, 6) is -1.35. The summed E-state index contributed by atoms with van der Waals surface area (Å²) in [7, 11) is 0. The summed E-state index contributed by atoms with van der Waals surface area (Å²) in [5.41, 5.74) is 12.2. The fraction of sp³-hybridized carbons (Fsp3) is 0.120. The van der Waals surface area contributed by atoms with E-state index >= 15 is 0 Å². The van der Waals surface area contributed by atoms with Gasteiger partial charge in [0, 0.05) is 31.4 Å². The molecule has 46 heavy (non-hydrogen) atoms. The average molecular weight is 620 g/mol. The second kappa shape index (κ2) is 15.2. The van der Waals surface area contributed by atoms with Crippen LogP contribution in [-0.4, -0.2) is 57.7 Å². The van der Waals surface area contributed by atoms with E-state index in [-0.39, 0.29) is 77.1 Å². The van der Waals surface area contributed by atoms with Crippen LogP contribution >= 0.6 is 0 Å². The van der Waals surface area contributed by atoms with Gasteiger partial charge in [0.15, 0.2) is 23.1 Å². The minimum absolute atomic E-state index is 0.0110. The first kappa shape index (κ1) is 31.5. The van der Waals surface area contributed by atoms with E-state index in [4.69, 9.17) is 22.1 Å². The first-order valence-electron chi connectivity index (χ1n) is 12.8. The number of nitrogen functional groups attached to an aromatic ring is 2. The van der Waals surface area contributed by atoms with Crippen LogP contribution in [0.15, 0.2) is 69.3 Å². The maximum atomic E-state index is 12.4. The van der Waals surface area contributed by atoms with Crippen LogP contribution in [0.5, 0.6) is 0 Å². The molecule has 228 valence electrons. The Morgan fingerprint density at radius 3 is 2.20 bits per heavy atom. The van der Waals surface area contributed by atoms with E-state index in [9.17, 15) is 14.9 Å². The Morgan fingerprint density at radius 1 is 0.935 bits per heavy atom. The second-order valence-electron chi connectivity index (χ2n) is 8.59. The number of anilines is 4. The molecule has 0 aliphatic rings. The zero-order valence-electron chi connectivity index (χ0n) is 23.5. The molecular formula is C25H21N19O2. The molecule has 0 radical (unpaired) electrons. The Hall–Kier alpha value is -7.42. The van der Waals surface area contributed by atoms with Gasteiger partial charge in [0.25, 0.3) is 5.95 Å². The SMILES string of the molecule is N#C/C(C=N)=C\N=Nc1cnc(NC(=O)CCCC(=O)Nc2nc(N)c(N=Nc3c(C#N)cnn3-c3ncccn3)c(N)n2)nc1. The number of nitrogens with one attached hydrogen (secondary N) is 3. The number of carbonyl (C=O) groups is 2. The van der Waals surface area contributed by atoms with Gasteiger partial charge < -0.3 is 16.9 Å². The van der Waals surface area contributed by atoms with Gasteiger partial charge in [-0.3, -0.25) is 20.2 Å². The van der Waals surface area contributed by atoms with Gasteiger partial charge in [-0.15, -0.1) is 15.3 Å². The lowest BCUT2D eigenvalue weighted by atomic mass is 10.2. The molecule has 0 aliphatic heterocycles. The Morgan fingerprint density at radius 2 is 1.59 bits per heavy atom. The third kappa shape index (κ3) is 8.33. The van der Waals surface area contributed by atoms with E-state index in [0.717, 1.165) is 12.4 Å². The van der Waals surface area contributed by atoms with Gasteiger partial charge in [-0.1, -0.05) is 0 Å². The van der Waals surface area contributed by atoms with Crippen molar-refractivity contribution in [3.8, 4) is 18.1 Å². The van der Waals surface area contributed by atoms with Crippen LogP contribution < -0.4 is 22.1 Å². The average Bonchev–Trinajstić information content (AvgIpc) is 3.47. The molecule has 4 aromatic heterocycles. The standard InChI is InChI=1S/C25H21N19O2/c26-7-14(8-27)10-35-41-16-12-33-23(34-13-16)37-17(45)3-1-4-18(46)38-24-39-20(29)19(21(30)40-24)42-43-22-15(9-28)11-36-44(22)25-31-5-2-6-32-25/h2,5-7,10-13,26H,1,3-4H2,(H,33,34,37,45)(H5,29,30,38,39,40,46)/b14-10-,26-7?,41-35?,43-42?. The molecule has 0 bridgehead atoms. The van der Waals surface area contributed by atoms with Crippen LogP contribution in [0.4, 0.5) is 40.7 Å². The molecule has 7 N–H and O–H groups in total. The van der Waals surface area contributed by atoms with Crippen LogP contribution in [0.3, 0.4) is 0 Å². The zero-order chi connectivity index (χ0) is 32.9. The highest BCUT2D eigenvalue weighted by Gasteiger charge is 2.16. The quantitative estimate of drug-likeness (QED) is 0.0865. The lowest BCUT2D eigenvalue weighted by Gasteiger charge is -2.08. The van der Waals surface area contributed by atoms with Gasteiger partial charge in [0.1, 0.15) is 23.4 Å². The number of amides is 2. The maximum absolute atomic E-state index is 12.4. The lowest BCUT2D eigenvalue weighted by molar-refractivity contribution is -0.117. The minimum Gasteiger partial charge on any atom is -0.382 e. The monoisotopic (exact) mass is 619 g/mol. The van der Waals surface area contributed by atoms with Crippen molar-refractivity contribution in [2.75, 3.05) is 22.1 Å². The Balaban J connectivity index is 1.29. The molecule has 0 saturated heterocycles. The predicted octanol–water partition coefficient (Wildman–Crippen LogP) is 2.58. The van der Waals surface area contributed by atoms with Crippen LogP contribution in [0.1, 0.15) is 24.8 Å². The number of azo groups is 2. The molecule has 0 fully saturated rings. The summed E-state index contributed by atoms with van der Waals surface area (Å²) in [5, 5.41) is 49.6. The highest BCUT2D eigenvalue weighted by atomic mass is 16.2. The molecule has 4 aromatic rings. The van der Waals surface area contributed by atoms with Crippen LogP contribution in [0.25, 0.3) is 5.95 Å². The highest BCUT2D eigenvalue weighted by Crippen LogP contribution is 2.31. The number of rotatable bonds is 12. The largest absolute Gasteiger partial charge is 0.382 e. The number of hydrogen-bond donors (Lipinski definition) is 5. The van der Waals surface area contributed by atoms with Crippen molar-refractivity contribution < 1.29 is 9.59 Å². The first-order chi connectivity index (χ1) is 22.3. The van der Waals surface area contributed by atoms with Gasteiger partial charge in [-0.2, -0.15) is 35.4 Å². The molecule has 0 aliphatic carbocycles. The molecule has 0 saturated carbocycles. The van der Waals surface area contributed by atoms with Crippen molar-refractivity contribution in [3.05, 3.63) is 54.4 Å². The van der Waals surface area contributed by atoms with Crippen molar-refractivity contribution in [2.24, 2.45) is 20.5 Å². The normalized spacial score (nSPS) is 11.2. The number of hydrogen-bond acceptors (Lipinski definition) is 18. The number of allylic oxidation sites excluding steroid dienone is 1. The summed E-state index contributed by atoms with van der Waals surface area (Å²) in [6, 6.07) is 5.31. The number of nitrogens with zero attached hydrogens (tertiary/aromatic N) is 14. The number of aromatic nitrogens is 8. The van der Waals surface area contributed by atoms with Gasteiger partial charge in [-0.05, 0) is 12.5 Å². The zero-order valence-corrected chi connectivity index (χ0v) is 23.5. The minimum atomic E-state index is -0.506. The summed E-state index contributed by atoms with van der Waals surface area (Å²) in [4.78, 5) is 48.7. The number of nitrogens with two attached hydrogens (primary N) is 2. The van der Waals surface area contributed by atoms with E-state index in [2.05, 4.69) is 66.1 Å². The third-order valence-electron chi connectivity index (χ3n) is 5.39. The van der Waals surface area contributed by atoms with E-state index < -0.39 is 11.8 Å². The topological polar surface area (TPSA) is 326 Å². The first-order valence-corrected chi connectivity index (χ1v) is 12.8. The number of nitriles is 2. The summed E-state index contributed by atoms with van der Waals surface area (Å²) < 4.78 is 1.20. The lowest BCUT2D eigenvalue weighted by Crippen LogP contribution is -2.17. The molecule has 0 aromatic carbocycles. The van der Waals surface area contributed by atoms with E-state index in [1.54, 1.807) is 12.1 Å². The van der Waals surface area contributed by atoms with Crippen LogP contribution in [0, 0.1) is 28.1 Å². The van der Waals surface area contributed by atoms with Crippen molar-refractivity contribution in [1.29, 1.82) is 15.9 Å². The fourth-order valence-electron chi connectivity index (χ4n) is 3.29. The second-order valence-corrected chi connectivity index (χ2v) is 8.59. The van der Waals surface area contributed by atoms with Crippen molar-refractivity contribution in [2.45, 2.75) is 19.3 Å². The molecule has 0 spiro atoms. The van der Waals surface area contributed by atoms with Crippen molar-refractivity contribution >= 4 is 58.8 Å². The Bertz CT molecular complexity index is 1890. The summed E-state index contributed by atoms with van der Waals surface area (Å²) in [6.45, 7) is 0. The summed E-state index contributed by atoms with van der Waals surface area (Å²) >= 11 is 0. The molecule has 0 atom stereocenters. The van der Waals surface area contributed by atoms with E-state index in [0.29, 0.717) is 0 Å². The molecule has 21 nitrogen and oxygen atoms in total. The molecule has 21 heteroatoms. The van der Waals surface area contributed by atoms with Gasteiger partial charge in [0.2, 0.25) is 23.7 Å². The van der Waals surface area contributed by atoms with Crippen molar-refractivity contribution in [1.82, 2.24) is 39.7 Å². The third-order valence-corrected chi connectivity index (χ3v) is 5.39. The van der Waals surface area contributed by atoms with Gasteiger partial charge in [0.05, 0.1) is 30.4 Å². The number of carbonyl (C=O) groups excluding carboxylic acids is 2. The molecule has 4 rings (SSSR count). The van der Waals surface area contributed by atoms with E-state index in [1.165, 1.54) is 35.7 Å². The summed E-state index contributed by atoms with van der Waals surface area (Å²) in [6.07, 6.45) is 8.86. The molecule has 4 heterocycles. The maximum Gasteiger partial charge on any atom is 0.252 e. The van der Waals surface area contributed by atoms with Gasteiger partial charge in [-0.25, -0.2) is 19.9 Å². The fourth-order valence-corrected chi connectivity index (χ4v) is 3.29. The van der Waals surface area contributed by atoms with Crippen LogP contribution in [-0.2, 0) is 9.59 Å². The Kier molecular flexibility index (Phi) is 10.4. The molecular weight excluding hydrogens is 598 g/mol.